The summed E-state index contributed by atoms with van der Waals surface area (Å²) in [6, 6.07) is 7.80. The largest absolute Gasteiger partial charge is 0.479 e. The molecule has 10 heteroatoms. The summed E-state index contributed by atoms with van der Waals surface area (Å²) < 4.78 is 50.5. The van der Waals surface area contributed by atoms with Crippen molar-refractivity contribution in [1.82, 2.24) is 0 Å². The van der Waals surface area contributed by atoms with Gasteiger partial charge in [-0.1, -0.05) is 23.2 Å². The third kappa shape index (κ3) is 5.50. The smallest absolute Gasteiger partial charge is 0.416 e. The van der Waals surface area contributed by atoms with E-state index < -0.39 is 23.8 Å². The minimum Gasteiger partial charge on any atom is -0.479 e. The molecule has 1 fully saturated rings. The standard InChI is InChI=1S/C20H19Cl2F3N2O3/c1-12(30-18-5-3-14(21)11-15(18)22)19(28)26-16-10-13(20(23,24)25)2-4-17(16)27-6-8-29-9-7-27/h2-5,10-12H,6-9H2,1H3,(H,26,28). The van der Waals surface area contributed by atoms with Gasteiger partial charge in [0, 0.05) is 18.1 Å². The minimum atomic E-state index is -4.54. The molecule has 2 aromatic rings. The van der Waals surface area contributed by atoms with Gasteiger partial charge in [-0.05, 0) is 43.3 Å². The van der Waals surface area contributed by atoms with Crippen LogP contribution in [0.5, 0.6) is 5.75 Å². The fourth-order valence-electron chi connectivity index (χ4n) is 2.94. The second-order valence-electron chi connectivity index (χ2n) is 6.65. The normalized spacial score (nSPS) is 15.6. The average molecular weight is 463 g/mol. The van der Waals surface area contributed by atoms with Crippen LogP contribution in [0.2, 0.25) is 10.0 Å². The van der Waals surface area contributed by atoms with E-state index in [1.165, 1.54) is 25.1 Å². The van der Waals surface area contributed by atoms with Crippen LogP contribution in [-0.4, -0.2) is 38.3 Å². The summed E-state index contributed by atoms with van der Waals surface area (Å²) in [5.74, 6) is -0.379. The average Bonchev–Trinajstić information content (AvgIpc) is 2.70. The Labute approximate surface area is 181 Å². The van der Waals surface area contributed by atoms with Gasteiger partial charge >= 0.3 is 6.18 Å². The van der Waals surface area contributed by atoms with Gasteiger partial charge < -0.3 is 19.7 Å². The van der Waals surface area contributed by atoms with Crippen LogP contribution in [0.3, 0.4) is 0 Å². The molecule has 1 aliphatic heterocycles. The summed E-state index contributed by atoms with van der Waals surface area (Å²) >= 11 is 11.9. The molecule has 2 aromatic carbocycles. The van der Waals surface area contributed by atoms with Gasteiger partial charge in [-0.25, -0.2) is 0 Å². The number of nitrogens with zero attached hydrogens (tertiary/aromatic N) is 1. The van der Waals surface area contributed by atoms with Gasteiger partial charge in [-0.15, -0.1) is 0 Å². The molecule has 1 aliphatic rings. The van der Waals surface area contributed by atoms with E-state index in [1.807, 2.05) is 4.90 Å². The summed E-state index contributed by atoms with van der Waals surface area (Å²) in [4.78, 5) is 14.5. The fourth-order valence-corrected chi connectivity index (χ4v) is 3.39. The molecule has 1 unspecified atom stereocenters. The third-order valence-electron chi connectivity index (χ3n) is 4.50. The Balaban J connectivity index is 1.82. The van der Waals surface area contributed by atoms with Crippen LogP contribution in [0.1, 0.15) is 12.5 Å². The highest BCUT2D eigenvalue weighted by Gasteiger charge is 2.32. The number of halogens is 5. The van der Waals surface area contributed by atoms with Crippen LogP contribution in [0.25, 0.3) is 0 Å². The maximum atomic E-state index is 13.2. The maximum Gasteiger partial charge on any atom is 0.416 e. The Morgan fingerprint density at radius 2 is 1.87 bits per heavy atom. The number of ether oxygens (including phenoxy) is 2. The number of alkyl halides is 3. The number of amides is 1. The van der Waals surface area contributed by atoms with Crippen molar-refractivity contribution in [2.45, 2.75) is 19.2 Å². The minimum absolute atomic E-state index is 0.0504. The van der Waals surface area contributed by atoms with Crippen LogP contribution in [0, 0.1) is 0 Å². The van der Waals surface area contributed by atoms with E-state index in [2.05, 4.69) is 5.32 Å². The number of benzene rings is 2. The van der Waals surface area contributed by atoms with E-state index in [0.717, 1.165) is 12.1 Å². The molecule has 162 valence electrons. The van der Waals surface area contributed by atoms with Gasteiger partial charge in [0.05, 0.1) is 35.2 Å². The number of nitrogens with one attached hydrogen (secondary N) is 1. The maximum absolute atomic E-state index is 13.2. The van der Waals surface area contributed by atoms with Gasteiger partial charge in [0.25, 0.3) is 5.91 Å². The number of morpholine rings is 1. The molecule has 1 N–H and O–H groups in total. The molecule has 1 saturated heterocycles. The molecule has 3 rings (SSSR count). The summed E-state index contributed by atoms with van der Waals surface area (Å²) in [6.45, 7) is 3.37. The predicted molar refractivity (Wildman–Crippen MR) is 110 cm³/mol. The molecule has 0 radical (unpaired) electrons. The number of carbonyl (C=O) groups excluding carboxylic acids is 1. The quantitative estimate of drug-likeness (QED) is 0.658. The van der Waals surface area contributed by atoms with Crippen LogP contribution in [0.4, 0.5) is 24.5 Å². The number of hydrogen-bond acceptors (Lipinski definition) is 4. The molecule has 0 aliphatic carbocycles. The summed E-state index contributed by atoms with van der Waals surface area (Å²) in [5, 5.41) is 3.18. The highest BCUT2D eigenvalue weighted by atomic mass is 35.5. The molecule has 1 atom stereocenters. The molecule has 1 heterocycles. The highest BCUT2D eigenvalue weighted by molar-refractivity contribution is 6.35. The van der Waals surface area contributed by atoms with Crippen LogP contribution in [-0.2, 0) is 15.7 Å². The first kappa shape index (κ1) is 22.5. The number of hydrogen-bond donors (Lipinski definition) is 1. The molecule has 5 nitrogen and oxygen atoms in total. The molecule has 0 bridgehead atoms. The number of rotatable bonds is 5. The Kier molecular flexibility index (Phi) is 7.00. The van der Waals surface area contributed by atoms with Crippen molar-refractivity contribution in [3.63, 3.8) is 0 Å². The molecule has 0 spiro atoms. The Morgan fingerprint density at radius 1 is 1.17 bits per heavy atom. The van der Waals surface area contributed by atoms with E-state index >= 15 is 0 Å². The Morgan fingerprint density at radius 3 is 2.50 bits per heavy atom. The van der Waals surface area contributed by atoms with E-state index in [1.54, 1.807) is 6.07 Å². The summed E-state index contributed by atoms with van der Waals surface area (Å²) in [5.41, 5.74) is -0.324. The van der Waals surface area contributed by atoms with Crippen LogP contribution >= 0.6 is 23.2 Å². The predicted octanol–water partition coefficient (Wildman–Crippen LogP) is 5.25. The molecule has 1 amide bonds. The SMILES string of the molecule is CC(Oc1ccc(Cl)cc1Cl)C(=O)Nc1cc(C(F)(F)F)ccc1N1CCOCC1. The lowest BCUT2D eigenvalue weighted by Crippen LogP contribution is -2.37. The first-order chi connectivity index (χ1) is 14.1. The summed E-state index contributed by atoms with van der Waals surface area (Å²) in [6.07, 6.45) is -5.56. The van der Waals surface area contributed by atoms with Gasteiger partial charge in [0.15, 0.2) is 6.10 Å². The van der Waals surface area contributed by atoms with Crippen molar-refractivity contribution < 1.29 is 27.4 Å². The number of carbonyl (C=O) groups is 1. The lowest BCUT2D eigenvalue weighted by Gasteiger charge is -2.31. The lowest BCUT2D eigenvalue weighted by atomic mass is 10.1. The second-order valence-corrected chi connectivity index (χ2v) is 7.50. The monoisotopic (exact) mass is 462 g/mol. The van der Waals surface area contributed by atoms with Crippen molar-refractivity contribution in [1.29, 1.82) is 0 Å². The van der Waals surface area contributed by atoms with E-state index in [4.69, 9.17) is 32.7 Å². The summed E-state index contributed by atoms with van der Waals surface area (Å²) in [7, 11) is 0. The molecule has 0 saturated carbocycles. The first-order valence-corrected chi connectivity index (χ1v) is 9.87. The van der Waals surface area contributed by atoms with Crippen molar-refractivity contribution in [2.75, 3.05) is 36.5 Å². The molecular formula is C20H19Cl2F3N2O3. The topological polar surface area (TPSA) is 50.8 Å². The van der Waals surface area contributed by atoms with Gasteiger partial charge in [-0.3, -0.25) is 4.79 Å². The number of anilines is 2. The molecular weight excluding hydrogens is 444 g/mol. The van der Waals surface area contributed by atoms with Crippen LogP contribution < -0.4 is 15.0 Å². The van der Waals surface area contributed by atoms with Crippen LogP contribution in [0.15, 0.2) is 36.4 Å². The van der Waals surface area contributed by atoms with E-state index in [-0.39, 0.29) is 16.5 Å². The van der Waals surface area contributed by atoms with Crippen molar-refractivity contribution >= 4 is 40.5 Å². The van der Waals surface area contributed by atoms with Gasteiger partial charge in [-0.2, -0.15) is 13.2 Å². The fraction of sp³-hybridized carbons (Fsp3) is 0.350. The van der Waals surface area contributed by atoms with Crippen molar-refractivity contribution in [2.24, 2.45) is 0 Å². The first-order valence-electron chi connectivity index (χ1n) is 9.11. The Hall–Kier alpha value is -2.16. The van der Waals surface area contributed by atoms with Gasteiger partial charge in [0.2, 0.25) is 0 Å². The second kappa shape index (κ2) is 9.32. The zero-order valence-corrected chi connectivity index (χ0v) is 17.4. The zero-order chi connectivity index (χ0) is 21.9. The Bertz CT molecular complexity index is 919. The van der Waals surface area contributed by atoms with E-state index in [9.17, 15) is 18.0 Å². The highest BCUT2D eigenvalue weighted by Crippen LogP contribution is 2.36. The third-order valence-corrected chi connectivity index (χ3v) is 5.03. The van der Waals surface area contributed by atoms with E-state index in [0.29, 0.717) is 37.0 Å². The molecule has 30 heavy (non-hydrogen) atoms. The van der Waals surface area contributed by atoms with Gasteiger partial charge in [0.1, 0.15) is 5.75 Å². The molecule has 0 aromatic heterocycles. The van der Waals surface area contributed by atoms with Crippen molar-refractivity contribution in [3.8, 4) is 5.75 Å². The zero-order valence-electron chi connectivity index (χ0n) is 15.9. The lowest BCUT2D eigenvalue weighted by molar-refractivity contribution is -0.137. The van der Waals surface area contributed by atoms with Crippen molar-refractivity contribution in [3.05, 3.63) is 52.0 Å².